The Labute approximate surface area is 103 Å². The van der Waals surface area contributed by atoms with Crippen molar-refractivity contribution in [1.82, 2.24) is 14.3 Å². The van der Waals surface area contributed by atoms with E-state index in [1.807, 2.05) is 18.2 Å². The highest BCUT2D eigenvalue weighted by Crippen LogP contribution is 2.22. The lowest BCUT2D eigenvalue weighted by molar-refractivity contribution is 0.953. The monoisotopic (exact) mass is 244 g/mol. The molecule has 17 heavy (non-hydrogen) atoms. The first-order valence-electron chi connectivity index (χ1n) is 5.47. The molecular formula is C12H12N4S. The third-order valence-corrected chi connectivity index (χ3v) is 3.37. The molecule has 0 atom stereocenters. The summed E-state index contributed by atoms with van der Waals surface area (Å²) in [6.07, 6.45) is 0.790. The van der Waals surface area contributed by atoms with E-state index < -0.39 is 0 Å². The number of para-hydroxylation sites is 1. The van der Waals surface area contributed by atoms with Crippen LogP contribution in [0.15, 0.2) is 30.3 Å². The molecule has 2 heterocycles. The molecule has 5 heteroatoms. The lowest BCUT2D eigenvalue weighted by atomic mass is 10.2. The largest absolute Gasteiger partial charge is 0.352 e. The van der Waals surface area contributed by atoms with Crippen LogP contribution in [0.4, 0.5) is 0 Å². The Balaban J connectivity index is 2.01. The predicted molar refractivity (Wildman–Crippen MR) is 70.0 cm³/mol. The summed E-state index contributed by atoms with van der Waals surface area (Å²) >= 11 is 1.42. The number of H-pyrrole nitrogens is 1. The van der Waals surface area contributed by atoms with Crippen molar-refractivity contribution in [3.8, 4) is 11.5 Å². The maximum Gasteiger partial charge on any atom is 0.189 e. The van der Waals surface area contributed by atoms with Gasteiger partial charge >= 0.3 is 0 Å². The van der Waals surface area contributed by atoms with Gasteiger partial charge in [0.25, 0.3) is 0 Å². The van der Waals surface area contributed by atoms with Gasteiger partial charge < -0.3 is 10.7 Å². The summed E-state index contributed by atoms with van der Waals surface area (Å²) in [7, 11) is 0. The van der Waals surface area contributed by atoms with Gasteiger partial charge in [0.1, 0.15) is 5.01 Å². The van der Waals surface area contributed by atoms with Crippen LogP contribution in [-0.4, -0.2) is 20.9 Å². The summed E-state index contributed by atoms with van der Waals surface area (Å²) in [6.45, 7) is 0.612. The summed E-state index contributed by atoms with van der Waals surface area (Å²) in [5.41, 5.74) is 7.57. The van der Waals surface area contributed by atoms with E-state index in [4.69, 9.17) is 5.73 Å². The molecule has 1 aromatic carbocycles. The average molecular weight is 244 g/mol. The Kier molecular flexibility index (Phi) is 2.62. The van der Waals surface area contributed by atoms with Gasteiger partial charge in [0.05, 0.1) is 5.69 Å². The number of rotatable bonds is 3. The molecule has 0 aliphatic rings. The minimum Gasteiger partial charge on any atom is -0.352 e. The molecule has 2 aromatic heterocycles. The Morgan fingerprint density at radius 2 is 2.18 bits per heavy atom. The van der Waals surface area contributed by atoms with E-state index in [1.54, 1.807) is 0 Å². The first-order valence-corrected chi connectivity index (χ1v) is 6.25. The number of fused-ring (bicyclic) bond motifs is 1. The first kappa shape index (κ1) is 10.4. The number of aromatic nitrogens is 3. The van der Waals surface area contributed by atoms with Crippen LogP contribution in [0.25, 0.3) is 22.4 Å². The molecule has 0 spiro atoms. The topological polar surface area (TPSA) is 67.6 Å². The van der Waals surface area contributed by atoms with E-state index >= 15 is 0 Å². The zero-order valence-electron chi connectivity index (χ0n) is 9.18. The molecule has 0 aliphatic heterocycles. The van der Waals surface area contributed by atoms with Gasteiger partial charge in [0, 0.05) is 17.3 Å². The molecule has 4 nitrogen and oxygen atoms in total. The SMILES string of the molecule is NCCc1nc(-c2cc3ccccc3[nH]2)ns1. The number of hydrogen-bond acceptors (Lipinski definition) is 4. The Morgan fingerprint density at radius 1 is 1.29 bits per heavy atom. The van der Waals surface area contributed by atoms with Gasteiger partial charge in [-0.15, -0.1) is 0 Å². The van der Waals surface area contributed by atoms with Crippen molar-refractivity contribution in [3.05, 3.63) is 35.3 Å². The maximum absolute atomic E-state index is 5.50. The van der Waals surface area contributed by atoms with Crippen LogP contribution in [0.5, 0.6) is 0 Å². The fourth-order valence-electron chi connectivity index (χ4n) is 1.78. The van der Waals surface area contributed by atoms with Crippen molar-refractivity contribution < 1.29 is 0 Å². The second kappa shape index (κ2) is 4.27. The molecule has 0 amide bonds. The highest BCUT2D eigenvalue weighted by Gasteiger charge is 2.08. The molecule has 3 N–H and O–H groups in total. The van der Waals surface area contributed by atoms with Crippen molar-refractivity contribution in [2.24, 2.45) is 5.73 Å². The Hall–Kier alpha value is -1.72. The summed E-state index contributed by atoms with van der Waals surface area (Å²) in [4.78, 5) is 7.78. The van der Waals surface area contributed by atoms with Crippen molar-refractivity contribution in [3.63, 3.8) is 0 Å². The minimum atomic E-state index is 0.612. The number of benzene rings is 1. The highest BCUT2D eigenvalue weighted by atomic mass is 32.1. The average Bonchev–Trinajstić information content (AvgIpc) is 2.94. The smallest absolute Gasteiger partial charge is 0.189 e. The van der Waals surface area contributed by atoms with Crippen molar-refractivity contribution in [2.45, 2.75) is 6.42 Å². The number of aromatic amines is 1. The van der Waals surface area contributed by atoms with E-state index in [0.29, 0.717) is 6.54 Å². The van der Waals surface area contributed by atoms with Crippen molar-refractivity contribution in [2.75, 3.05) is 6.54 Å². The molecule has 0 saturated heterocycles. The molecule has 0 saturated carbocycles. The fourth-order valence-corrected chi connectivity index (χ4v) is 2.45. The first-order chi connectivity index (χ1) is 8.36. The summed E-state index contributed by atoms with van der Waals surface area (Å²) in [6, 6.07) is 10.2. The fraction of sp³-hybridized carbons (Fsp3) is 0.167. The third kappa shape index (κ3) is 1.94. The van der Waals surface area contributed by atoms with Gasteiger partial charge in [0.2, 0.25) is 0 Å². The molecule has 0 bridgehead atoms. The third-order valence-electron chi connectivity index (χ3n) is 2.60. The summed E-state index contributed by atoms with van der Waals surface area (Å²) in [5, 5.41) is 2.17. The van der Waals surface area contributed by atoms with Gasteiger partial charge in [-0.2, -0.15) is 4.37 Å². The van der Waals surface area contributed by atoms with Crippen LogP contribution in [0.1, 0.15) is 5.01 Å². The van der Waals surface area contributed by atoms with Crippen LogP contribution in [-0.2, 0) is 6.42 Å². The van der Waals surface area contributed by atoms with E-state index in [-0.39, 0.29) is 0 Å². The second-order valence-electron chi connectivity index (χ2n) is 3.82. The quantitative estimate of drug-likeness (QED) is 0.742. The normalized spacial score (nSPS) is 11.1. The van der Waals surface area contributed by atoms with Crippen LogP contribution in [0.3, 0.4) is 0 Å². The molecular weight excluding hydrogens is 232 g/mol. The molecule has 0 fully saturated rings. The lowest BCUT2D eigenvalue weighted by Crippen LogP contribution is -2.01. The van der Waals surface area contributed by atoms with Crippen LogP contribution < -0.4 is 5.73 Å². The van der Waals surface area contributed by atoms with Gasteiger partial charge in [-0.05, 0) is 30.2 Å². The molecule has 0 aliphatic carbocycles. The predicted octanol–water partition coefficient (Wildman–Crippen LogP) is 2.19. The number of hydrogen-bond donors (Lipinski definition) is 2. The van der Waals surface area contributed by atoms with E-state index in [0.717, 1.165) is 28.5 Å². The molecule has 0 unspecified atom stereocenters. The Morgan fingerprint density at radius 3 is 3.00 bits per heavy atom. The maximum atomic E-state index is 5.50. The standard InChI is InChI=1S/C12H12N4S/c13-6-5-11-15-12(16-17-11)10-7-8-3-1-2-4-9(8)14-10/h1-4,7,14H,5-6,13H2. The molecule has 0 radical (unpaired) electrons. The van der Waals surface area contributed by atoms with Crippen LogP contribution >= 0.6 is 11.5 Å². The highest BCUT2D eigenvalue weighted by molar-refractivity contribution is 7.05. The summed E-state index contributed by atoms with van der Waals surface area (Å²) < 4.78 is 4.34. The van der Waals surface area contributed by atoms with Gasteiger partial charge in [-0.25, -0.2) is 4.98 Å². The summed E-state index contributed by atoms with van der Waals surface area (Å²) in [5.74, 6) is 0.759. The number of nitrogens with two attached hydrogens (primary N) is 1. The minimum absolute atomic E-state index is 0.612. The van der Waals surface area contributed by atoms with Crippen LogP contribution in [0, 0.1) is 0 Å². The number of nitrogens with zero attached hydrogens (tertiary/aromatic N) is 2. The Bertz CT molecular complexity index is 608. The van der Waals surface area contributed by atoms with E-state index in [9.17, 15) is 0 Å². The van der Waals surface area contributed by atoms with Crippen molar-refractivity contribution >= 4 is 22.4 Å². The zero-order valence-corrected chi connectivity index (χ0v) is 10.00. The van der Waals surface area contributed by atoms with E-state index in [2.05, 4.69) is 26.5 Å². The van der Waals surface area contributed by atoms with Gasteiger partial charge in [-0.3, -0.25) is 0 Å². The zero-order chi connectivity index (χ0) is 11.7. The second-order valence-corrected chi connectivity index (χ2v) is 4.66. The lowest BCUT2D eigenvalue weighted by Gasteiger charge is -1.88. The molecule has 86 valence electrons. The molecule has 3 rings (SSSR count). The van der Waals surface area contributed by atoms with E-state index in [1.165, 1.54) is 16.9 Å². The molecule has 3 aromatic rings. The van der Waals surface area contributed by atoms with Crippen LogP contribution in [0.2, 0.25) is 0 Å². The van der Waals surface area contributed by atoms with Gasteiger partial charge in [-0.1, -0.05) is 18.2 Å². The van der Waals surface area contributed by atoms with Crippen molar-refractivity contribution in [1.29, 1.82) is 0 Å². The van der Waals surface area contributed by atoms with Gasteiger partial charge in [0.15, 0.2) is 5.82 Å². The number of nitrogens with one attached hydrogen (secondary N) is 1.